The molecule has 0 saturated carbocycles. The molecule has 0 fully saturated rings. The summed E-state index contributed by atoms with van der Waals surface area (Å²) in [6.07, 6.45) is 13.2. The summed E-state index contributed by atoms with van der Waals surface area (Å²) in [4.78, 5) is 91.7. The molecule has 4 aromatic heterocycles. The van der Waals surface area contributed by atoms with Crippen molar-refractivity contribution < 1.29 is 60.3 Å². The number of nitrogens with one attached hydrogen (secondary N) is 8. The van der Waals surface area contributed by atoms with E-state index in [0.29, 0.717) is 109 Å². The van der Waals surface area contributed by atoms with Gasteiger partial charge in [-0.2, -0.15) is 0 Å². The van der Waals surface area contributed by atoms with Crippen LogP contribution < -0.4 is 42.5 Å². The van der Waals surface area contributed by atoms with Crippen LogP contribution in [-0.4, -0.2) is 66.2 Å². The molecule has 466 valence electrons. The van der Waals surface area contributed by atoms with Gasteiger partial charge in [0.25, 0.3) is 0 Å². The Balaban J connectivity index is 0.000000504. The van der Waals surface area contributed by atoms with Gasteiger partial charge in [0.05, 0.1) is 6.54 Å². The highest BCUT2D eigenvalue weighted by Gasteiger charge is 2.04. The van der Waals surface area contributed by atoms with Gasteiger partial charge in [0.1, 0.15) is 34.2 Å². The van der Waals surface area contributed by atoms with E-state index in [4.69, 9.17) is 34.8 Å². The van der Waals surface area contributed by atoms with E-state index in [-0.39, 0.29) is 36.6 Å². The number of carbonyl (C=O) groups is 8. The third kappa shape index (κ3) is 38.0. The number of hydrogen-bond donors (Lipinski definition) is 8. The Labute approximate surface area is 530 Å². The second-order valence-corrected chi connectivity index (χ2v) is 19.4. The van der Waals surface area contributed by atoms with E-state index in [9.17, 15) is 60.3 Å². The number of thiophene rings is 1. The van der Waals surface area contributed by atoms with Crippen molar-refractivity contribution in [3.8, 4) is 0 Å². The summed E-state index contributed by atoms with van der Waals surface area (Å²) >= 11 is 21.8. The zero-order valence-electron chi connectivity index (χ0n) is 46.2. The van der Waals surface area contributed by atoms with Gasteiger partial charge in [-0.25, -0.2) is 26.9 Å². The number of nitrogens with zero attached hydrogens (tertiary/aromatic N) is 3. The van der Waals surface area contributed by atoms with Crippen molar-refractivity contribution in [2.75, 3.05) is 0 Å². The molecule has 4 aromatic carbocycles. The predicted molar refractivity (Wildman–Crippen MR) is 329 cm³/mol. The van der Waals surface area contributed by atoms with Crippen LogP contribution in [0.5, 0.6) is 0 Å². The van der Waals surface area contributed by atoms with Crippen LogP contribution >= 0.6 is 62.1 Å². The minimum atomic E-state index is -0.649. The molecule has 19 nitrogen and oxygen atoms in total. The average Bonchev–Trinajstić information content (AvgIpc) is 4.16. The van der Waals surface area contributed by atoms with Gasteiger partial charge in [-0.15, -0.1) is 11.3 Å². The monoisotopic (exact) mass is 1360 g/mol. The minimum absolute atomic E-state index is 0.00704. The van der Waals surface area contributed by atoms with E-state index in [2.05, 4.69) is 73.4 Å². The first-order valence-corrected chi connectivity index (χ1v) is 27.9. The zero-order chi connectivity index (χ0) is 65.0. The lowest BCUT2D eigenvalue weighted by Gasteiger charge is -2.02. The van der Waals surface area contributed by atoms with Crippen LogP contribution in [0.1, 0.15) is 43.8 Å². The Hall–Kier alpha value is -9.21. The molecule has 29 heteroatoms. The molecule has 4 heterocycles. The topological polar surface area (TPSA) is 271 Å². The van der Waals surface area contributed by atoms with Crippen molar-refractivity contribution >= 4 is 113 Å². The maximum atomic E-state index is 13.0. The van der Waals surface area contributed by atoms with Crippen molar-refractivity contribution in [2.24, 2.45) is 0 Å². The van der Waals surface area contributed by atoms with Gasteiger partial charge in [-0.1, -0.05) is 87.1 Å². The highest BCUT2D eigenvalue weighted by molar-refractivity contribution is 9.10. The summed E-state index contributed by atoms with van der Waals surface area (Å²) in [6.45, 7) is 3.02. The minimum Gasteiger partial charge on any atom is -0.355 e. The fourth-order valence-corrected chi connectivity index (χ4v) is 7.40. The molecule has 0 bridgehead atoms. The number of benzene rings is 4. The summed E-state index contributed by atoms with van der Waals surface area (Å²) in [5.74, 6) is -2.63. The molecule has 8 N–H and O–H groups in total. The normalized spacial score (nSPS) is 9.24. The Morgan fingerprint density at radius 1 is 0.409 bits per heavy atom. The first-order chi connectivity index (χ1) is 42.6. The van der Waals surface area contributed by atoms with E-state index in [1.54, 1.807) is 78.7 Å². The van der Waals surface area contributed by atoms with E-state index in [0.717, 1.165) is 52.6 Å². The largest absolute Gasteiger partial charge is 0.355 e. The molecule has 0 aliphatic carbocycles. The average molecular weight is 1360 g/mol. The first-order valence-electron chi connectivity index (χ1n) is 25.1. The Kier molecular flexibility index (Phi) is 43.6. The fourth-order valence-electron chi connectivity index (χ4n) is 5.83. The smallest absolute Gasteiger partial charge is 0.207 e. The van der Waals surface area contributed by atoms with Crippen molar-refractivity contribution in [2.45, 2.75) is 52.4 Å². The van der Waals surface area contributed by atoms with Crippen LogP contribution in [-0.2, 0) is 90.7 Å². The van der Waals surface area contributed by atoms with E-state index < -0.39 is 23.3 Å². The molecule has 8 aromatic rings. The third-order valence-electron chi connectivity index (χ3n) is 9.93. The standard InChI is InChI=1S/C8H7BrFNO.C8H7Cl2NO.2C8H7F2NO.C7H7ClN2O.2C7H8N2O.C6H7NOS/c2*9-7-2-1-6(4-11-5-12)8(10)3-7;9-7-1-2-8(10)6(3-7)4-11-5-12;9-7-2-1-6(4-11-5-12)8(10)3-7;8-7-2-1-6(4-10-7)3-9-5-11;10-6-9-5-7-1-3-8-4-2-7;10-6-9-5-7-2-1-3-8-4-7;8-5-7-4-6-2-1-3-9-6/h4*1-3,5H,4H2,(H,11,12);1-2,4-5H,3H2,(H,9,11);2*1-4,6H,5H2,(H,9,10);1-3,5H,4H2,(H,7,8). The molecule has 8 rings (SSSR count). The van der Waals surface area contributed by atoms with E-state index >= 15 is 0 Å². The van der Waals surface area contributed by atoms with Crippen molar-refractivity contribution in [3.05, 3.63) is 250 Å². The summed E-state index contributed by atoms with van der Waals surface area (Å²) < 4.78 is 64.1. The van der Waals surface area contributed by atoms with Crippen LogP contribution in [0.3, 0.4) is 0 Å². The predicted octanol–water partition coefficient (Wildman–Crippen LogP) is 9.13. The number of aromatic nitrogens is 3. The third-order valence-corrected chi connectivity index (χ3v) is 12.1. The van der Waals surface area contributed by atoms with Gasteiger partial charge < -0.3 is 42.5 Å². The lowest BCUT2D eigenvalue weighted by Crippen LogP contribution is -2.11. The number of amides is 8. The maximum absolute atomic E-state index is 13.0. The molecule has 0 aliphatic heterocycles. The highest BCUT2D eigenvalue weighted by atomic mass is 79.9. The van der Waals surface area contributed by atoms with Crippen molar-refractivity contribution in [1.82, 2.24) is 57.5 Å². The number of halogens is 9. The molecular formula is C59H58BrCl3F5N11O8S. The molecule has 0 unspecified atom stereocenters. The van der Waals surface area contributed by atoms with Gasteiger partial charge >= 0.3 is 0 Å². The Morgan fingerprint density at radius 2 is 0.898 bits per heavy atom. The first kappa shape index (κ1) is 76.8. The highest BCUT2D eigenvalue weighted by Crippen LogP contribution is 2.21. The lowest BCUT2D eigenvalue weighted by molar-refractivity contribution is -0.110. The molecule has 88 heavy (non-hydrogen) atoms. The fraction of sp³-hybridized carbons (Fsp3) is 0.136. The van der Waals surface area contributed by atoms with Gasteiger partial charge in [-0.3, -0.25) is 48.3 Å². The molecule has 0 spiro atoms. The van der Waals surface area contributed by atoms with E-state index in [1.807, 2.05) is 47.8 Å². The molecule has 0 radical (unpaired) electrons. The van der Waals surface area contributed by atoms with Gasteiger partial charge in [-0.05, 0) is 106 Å². The molecule has 0 saturated heterocycles. The second-order valence-electron chi connectivity index (χ2n) is 16.2. The number of rotatable bonds is 24. The van der Waals surface area contributed by atoms with Gasteiger partial charge in [0.15, 0.2) is 0 Å². The summed E-state index contributed by atoms with van der Waals surface area (Å²) in [5.41, 5.74) is 4.74. The van der Waals surface area contributed by atoms with Crippen LogP contribution in [0, 0.1) is 29.1 Å². The zero-order valence-corrected chi connectivity index (χ0v) is 50.9. The van der Waals surface area contributed by atoms with Gasteiger partial charge in [0.2, 0.25) is 51.3 Å². The Bertz CT molecular complexity index is 3070. The molecule has 8 amide bonds. The van der Waals surface area contributed by atoms with E-state index in [1.165, 1.54) is 17.0 Å². The van der Waals surface area contributed by atoms with Gasteiger partial charge in [0, 0.05) is 119 Å². The van der Waals surface area contributed by atoms with Crippen molar-refractivity contribution in [3.63, 3.8) is 0 Å². The number of hydrogen-bond acceptors (Lipinski definition) is 12. The molecule has 0 atom stereocenters. The molecular weight excluding hydrogens is 1300 g/mol. The van der Waals surface area contributed by atoms with Crippen LogP contribution in [0.25, 0.3) is 0 Å². The summed E-state index contributed by atoms with van der Waals surface area (Å²) in [6, 6.07) is 31.1. The lowest BCUT2D eigenvalue weighted by atomic mass is 10.2. The van der Waals surface area contributed by atoms with Crippen LogP contribution in [0.4, 0.5) is 22.0 Å². The molecule has 0 aliphatic rings. The summed E-state index contributed by atoms with van der Waals surface area (Å²) in [7, 11) is 0. The second kappa shape index (κ2) is 50.0. The van der Waals surface area contributed by atoms with Crippen LogP contribution in [0.15, 0.2) is 162 Å². The maximum Gasteiger partial charge on any atom is 0.207 e. The SMILES string of the molecule is O=CNCc1cc(F)ccc1F.O=CNCc1ccc(Br)cc1F.O=CNCc1ccc(Cl)cc1Cl.O=CNCc1ccc(Cl)nc1.O=CNCc1ccc(F)cc1F.O=CNCc1cccnc1.O=CNCc1cccs1.O=CNCc1ccncc1. The summed E-state index contributed by atoms with van der Waals surface area (Å²) in [5, 5.41) is 23.2. The number of carbonyl (C=O) groups excluding carboxylic acids is 8. The number of pyridine rings is 3. The van der Waals surface area contributed by atoms with Crippen LogP contribution in [0.2, 0.25) is 15.2 Å². The quantitative estimate of drug-likeness (QED) is 0.0161. The Morgan fingerprint density at radius 3 is 1.40 bits per heavy atom. The van der Waals surface area contributed by atoms with Crippen molar-refractivity contribution in [1.29, 1.82) is 0 Å².